The summed E-state index contributed by atoms with van der Waals surface area (Å²) in [4.78, 5) is 17.7. The molecule has 132 valence electrons. The lowest BCUT2D eigenvalue weighted by atomic mass is 10.0. The zero-order valence-electron chi connectivity index (χ0n) is 14.0. The van der Waals surface area contributed by atoms with Crippen molar-refractivity contribution in [3.8, 4) is 11.8 Å². The lowest BCUT2D eigenvalue weighted by Gasteiger charge is -2.13. The summed E-state index contributed by atoms with van der Waals surface area (Å²) in [6, 6.07) is 12.7. The Kier molecular flexibility index (Phi) is 5.13. The summed E-state index contributed by atoms with van der Waals surface area (Å²) < 4.78 is 18.8. The molecular formula is C19H16FN3O3. The number of carbonyl (C=O) groups is 1. The fourth-order valence-corrected chi connectivity index (χ4v) is 2.55. The fourth-order valence-electron chi connectivity index (χ4n) is 2.55. The van der Waals surface area contributed by atoms with Gasteiger partial charge in [0.25, 0.3) is 5.91 Å². The molecule has 0 aliphatic carbocycles. The predicted molar refractivity (Wildman–Crippen MR) is 93.4 cm³/mol. The van der Waals surface area contributed by atoms with Crippen LogP contribution in [0.2, 0.25) is 0 Å². The van der Waals surface area contributed by atoms with Gasteiger partial charge in [0, 0.05) is 12.0 Å². The largest absolute Gasteiger partial charge is 0.492 e. The maximum absolute atomic E-state index is 13.3. The molecule has 7 heteroatoms. The van der Waals surface area contributed by atoms with Crippen molar-refractivity contribution in [2.24, 2.45) is 5.16 Å². The number of benzene rings is 2. The highest BCUT2D eigenvalue weighted by atomic mass is 19.1. The van der Waals surface area contributed by atoms with Crippen LogP contribution in [0.25, 0.3) is 0 Å². The van der Waals surface area contributed by atoms with Gasteiger partial charge in [-0.05, 0) is 37.3 Å². The maximum Gasteiger partial charge on any atom is 0.268 e. The van der Waals surface area contributed by atoms with Gasteiger partial charge in [-0.25, -0.2) is 4.39 Å². The maximum atomic E-state index is 13.3. The van der Waals surface area contributed by atoms with Gasteiger partial charge in [-0.15, -0.1) is 0 Å². The zero-order chi connectivity index (χ0) is 18.5. The number of anilines is 1. The average molecular weight is 353 g/mol. The number of nitrogens with zero attached hydrogens (tertiary/aromatic N) is 2. The Hall–Kier alpha value is -3.40. The highest BCUT2D eigenvalue weighted by molar-refractivity contribution is 6.06. The van der Waals surface area contributed by atoms with Crippen molar-refractivity contribution in [3.05, 3.63) is 59.4 Å². The van der Waals surface area contributed by atoms with E-state index in [1.54, 1.807) is 24.3 Å². The van der Waals surface area contributed by atoms with E-state index >= 15 is 0 Å². The number of rotatable bonds is 5. The van der Waals surface area contributed by atoms with Crippen LogP contribution in [0.3, 0.4) is 0 Å². The molecular weight excluding hydrogens is 337 g/mol. The number of ether oxygens (including phenoxy) is 1. The summed E-state index contributed by atoms with van der Waals surface area (Å²) in [5, 5.41) is 15.6. The highest BCUT2D eigenvalue weighted by Crippen LogP contribution is 2.27. The summed E-state index contributed by atoms with van der Waals surface area (Å²) in [6.45, 7) is 2.24. The first-order chi connectivity index (χ1) is 12.6. The van der Waals surface area contributed by atoms with E-state index in [1.165, 1.54) is 18.2 Å². The SMILES string of the molecule is CCOc1ccc(C#N)cc1NC(=O)C1CC(c2cccc(F)c2)=NO1. The molecule has 0 radical (unpaired) electrons. The van der Waals surface area contributed by atoms with Gasteiger partial charge in [0.2, 0.25) is 6.10 Å². The van der Waals surface area contributed by atoms with E-state index in [2.05, 4.69) is 10.5 Å². The van der Waals surface area contributed by atoms with Crippen molar-refractivity contribution < 1.29 is 18.8 Å². The zero-order valence-corrected chi connectivity index (χ0v) is 14.0. The number of hydrogen-bond donors (Lipinski definition) is 1. The smallest absolute Gasteiger partial charge is 0.268 e. The standard InChI is InChI=1S/C19H16FN3O3/c1-2-25-17-7-6-12(11-21)8-16(17)22-19(24)18-10-15(23-26-18)13-4-3-5-14(20)9-13/h3-9,18H,2,10H2,1H3,(H,22,24). The molecule has 1 aliphatic heterocycles. The molecule has 0 saturated heterocycles. The first kappa shape index (κ1) is 17.4. The summed E-state index contributed by atoms with van der Waals surface area (Å²) in [5.41, 5.74) is 1.86. The highest BCUT2D eigenvalue weighted by Gasteiger charge is 2.29. The second-order valence-corrected chi connectivity index (χ2v) is 5.59. The van der Waals surface area contributed by atoms with Crippen molar-refractivity contribution in [1.29, 1.82) is 5.26 Å². The van der Waals surface area contributed by atoms with E-state index in [4.69, 9.17) is 14.8 Å². The van der Waals surface area contributed by atoms with E-state index in [9.17, 15) is 9.18 Å². The number of nitriles is 1. The number of nitrogens with one attached hydrogen (secondary N) is 1. The Morgan fingerprint density at radius 1 is 1.42 bits per heavy atom. The number of hydrogen-bond acceptors (Lipinski definition) is 5. The van der Waals surface area contributed by atoms with Gasteiger partial charge in [0.15, 0.2) is 0 Å². The van der Waals surface area contributed by atoms with Crippen molar-refractivity contribution in [2.75, 3.05) is 11.9 Å². The second-order valence-electron chi connectivity index (χ2n) is 5.59. The lowest BCUT2D eigenvalue weighted by Crippen LogP contribution is -2.28. The molecule has 3 rings (SSSR count). The number of carbonyl (C=O) groups excluding carboxylic acids is 1. The monoisotopic (exact) mass is 353 g/mol. The first-order valence-corrected chi connectivity index (χ1v) is 8.07. The minimum Gasteiger partial charge on any atom is -0.492 e. The second kappa shape index (κ2) is 7.66. The quantitative estimate of drug-likeness (QED) is 0.894. The minimum atomic E-state index is -0.839. The molecule has 0 bridgehead atoms. The van der Waals surface area contributed by atoms with E-state index in [0.717, 1.165) is 0 Å². The first-order valence-electron chi connectivity index (χ1n) is 8.07. The van der Waals surface area contributed by atoms with E-state index in [0.29, 0.717) is 34.9 Å². The van der Waals surface area contributed by atoms with Gasteiger partial charge in [0.1, 0.15) is 11.6 Å². The third-order valence-electron chi connectivity index (χ3n) is 3.79. The molecule has 1 heterocycles. The van der Waals surface area contributed by atoms with Crippen LogP contribution < -0.4 is 10.1 Å². The third-order valence-corrected chi connectivity index (χ3v) is 3.79. The van der Waals surface area contributed by atoms with Gasteiger partial charge < -0.3 is 14.9 Å². The normalized spacial score (nSPS) is 15.6. The van der Waals surface area contributed by atoms with E-state index < -0.39 is 12.0 Å². The molecule has 0 spiro atoms. The molecule has 26 heavy (non-hydrogen) atoms. The van der Waals surface area contributed by atoms with Crippen LogP contribution in [0.5, 0.6) is 5.75 Å². The number of halogens is 1. The topological polar surface area (TPSA) is 83.7 Å². The Labute approximate surface area is 149 Å². The van der Waals surface area contributed by atoms with Crippen LogP contribution in [-0.4, -0.2) is 24.3 Å². The molecule has 6 nitrogen and oxygen atoms in total. The summed E-state index contributed by atoms with van der Waals surface area (Å²) in [6.07, 6.45) is -0.620. The van der Waals surface area contributed by atoms with Crippen LogP contribution >= 0.6 is 0 Å². The van der Waals surface area contributed by atoms with Gasteiger partial charge in [-0.3, -0.25) is 4.79 Å². The molecule has 1 aliphatic rings. The Bertz CT molecular complexity index is 905. The molecule has 1 amide bonds. The molecule has 0 aromatic heterocycles. The van der Waals surface area contributed by atoms with E-state index in [-0.39, 0.29) is 12.2 Å². The Balaban J connectivity index is 1.71. The van der Waals surface area contributed by atoms with Gasteiger partial charge in [-0.2, -0.15) is 5.26 Å². The Morgan fingerprint density at radius 3 is 3.00 bits per heavy atom. The third kappa shape index (κ3) is 3.81. The van der Waals surface area contributed by atoms with Gasteiger partial charge in [-0.1, -0.05) is 17.3 Å². The van der Waals surface area contributed by atoms with Crippen LogP contribution in [0.1, 0.15) is 24.5 Å². The molecule has 2 aromatic rings. The van der Waals surface area contributed by atoms with Gasteiger partial charge in [0.05, 0.1) is 29.6 Å². The molecule has 0 fully saturated rings. The fraction of sp³-hybridized carbons (Fsp3) is 0.211. The number of amides is 1. The average Bonchev–Trinajstić information content (AvgIpc) is 3.13. The van der Waals surface area contributed by atoms with E-state index in [1.807, 2.05) is 13.0 Å². The van der Waals surface area contributed by atoms with Crippen molar-refractivity contribution in [3.63, 3.8) is 0 Å². The summed E-state index contributed by atoms with van der Waals surface area (Å²) in [5.74, 6) is -0.340. The molecule has 1 N–H and O–H groups in total. The molecule has 1 atom stereocenters. The van der Waals surface area contributed by atoms with Crippen molar-refractivity contribution in [2.45, 2.75) is 19.4 Å². The van der Waals surface area contributed by atoms with Crippen LogP contribution in [0.4, 0.5) is 10.1 Å². The van der Waals surface area contributed by atoms with Crippen LogP contribution in [-0.2, 0) is 9.63 Å². The van der Waals surface area contributed by atoms with Crippen LogP contribution in [0, 0.1) is 17.1 Å². The predicted octanol–water partition coefficient (Wildman–Crippen LogP) is 3.23. The molecule has 2 aromatic carbocycles. The Morgan fingerprint density at radius 2 is 2.27 bits per heavy atom. The summed E-state index contributed by atoms with van der Waals surface area (Å²) >= 11 is 0. The lowest BCUT2D eigenvalue weighted by molar-refractivity contribution is -0.125. The molecule has 1 unspecified atom stereocenters. The molecule has 0 saturated carbocycles. The van der Waals surface area contributed by atoms with Gasteiger partial charge >= 0.3 is 0 Å². The number of oxime groups is 1. The summed E-state index contributed by atoms with van der Waals surface area (Å²) in [7, 11) is 0. The minimum absolute atomic E-state index is 0.219. The van der Waals surface area contributed by atoms with Crippen molar-refractivity contribution >= 4 is 17.3 Å². The van der Waals surface area contributed by atoms with Crippen LogP contribution in [0.15, 0.2) is 47.6 Å². The van der Waals surface area contributed by atoms with Crippen molar-refractivity contribution in [1.82, 2.24) is 0 Å².